The van der Waals surface area contributed by atoms with Crippen LogP contribution >= 0.6 is 11.3 Å². The van der Waals surface area contributed by atoms with Crippen LogP contribution in [0.25, 0.3) is 0 Å². The van der Waals surface area contributed by atoms with Gasteiger partial charge in [-0.1, -0.05) is 0 Å². The van der Waals surface area contributed by atoms with E-state index >= 15 is 0 Å². The molecule has 2 aromatic rings. The molecule has 2 fully saturated rings. The number of thiazole rings is 1. The standard InChI is InChI=1S/C17H20FN3O2S/c1-12-8-24-15(20-12)6-21-5-13-7-22-10-17(13,9-21)11-23-16-14(18)3-2-4-19-16/h2-4,8,13H,5-7,9-11H2,1H3/t13-,17+/m1/s1. The lowest BCUT2D eigenvalue weighted by Gasteiger charge is -2.26. The summed E-state index contributed by atoms with van der Waals surface area (Å²) < 4.78 is 25.2. The van der Waals surface area contributed by atoms with E-state index in [-0.39, 0.29) is 11.3 Å². The Morgan fingerprint density at radius 1 is 1.54 bits per heavy atom. The third-order valence-electron chi connectivity index (χ3n) is 4.84. The molecular formula is C17H20FN3O2S. The number of hydrogen-bond donors (Lipinski definition) is 0. The number of ether oxygens (including phenoxy) is 2. The first-order valence-corrected chi connectivity index (χ1v) is 8.97. The molecule has 2 aliphatic heterocycles. The van der Waals surface area contributed by atoms with Crippen LogP contribution in [0, 0.1) is 24.1 Å². The maximum atomic E-state index is 13.7. The SMILES string of the molecule is Cc1csc(CN2C[C@@H]3COC[C@]3(COc3ncccc3F)C2)n1. The second kappa shape index (κ2) is 6.38. The fourth-order valence-electron chi connectivity index (χ4n) is 3.62. The zero-order valence-electron chi connectivity index (χ0n) is 13.6. The molecule has 2 atom stereocenters. The summed E-state index contributed by atoms with van der Waals surface area (Å²) in [6.07, 6.45) is 1.55. The Bertz CT molecular complexity index is 725. The number of hydrogen-bond acceptors (Lipinski definition) is 6. The van der Waals surface area contributed by atoms with E-state index < -0.39 is 5.82 Å². The predicted octanol–water partition coefficient (Wildman–Crippen LogP) is 2.51. The molecule has 0 spiro atoms. The van der Waals surface area contributed by atoms with E-state index in [4.69, 9.17) is 9.47 Å². The van der Waals surface area contributed by atoms with Crippen molar-refractivity contribution in [1.29, 1.82) is 0 Å². The molecule has 4 rings (SSSR count). The molecule has 2 aliphatic rings. The molecule has 5 nitrogen and oxygen atoms in total. The van der Waals surface area contributed by atoms with Crippen LogP contribution in [0.4, 0.5) is 4.39 Å². The van der Waals surface area contributed by atoms with Crippen LogP contribution in [0.3, 0.4) is 0 Å². The first-order valence-electron chi connectivity index (χ1n) is 8.09. The summed E-state index contributed by atoms with van der Waals surface area (Å²) in [6, 6.07) is 2.93. The van der Waals surface area contributed by atoms with Crippen LogP contribution in [-0.4, -0.2) is 47.8 Å². The zero-order valence-corrected chi connectivity index (χ0v) is 14.4. The number of pyridine rings is 1. The average molecular weight is 349 g/mol. The molecule has 0 saturated carbocycles. The van der Waals surface area contributed by atoms with Gasteiger partial charge in [0.1, 0.15) is 5.01 Å². The van der Waals surface area contributed by atoms with Gasteiger partial charge in [-0.3, -0.25) is 4.90 Å². The van der Waals surface area contributed by atoms with E-state index in [1.165, 1.54) is 6.07 Å². The summed E-state index contributed by atoms with van der Waals surface area (Å²) in [5, 5.41) is 3.22. The fraction of sp³-hybridized carbons (Fsp3) is 0.529. The number of fused-ring (bicyclic) bond motifs is 1. The van der Waals surface area contributed by atoms with Crippen LogP contribution < -0.4 is 4.74 Å². The summed E-state index contributed by atoms with van der Waals surface area (Å²) in [6.45, 7) is 6.54. The number of rotatable bonds is 5. The van der Waals surface area contributed by atoms with Crippen molar-refractivity contribution in [2.24, 2.45) is 11.3 Å². The highest BCUT2D eigenvalue weighted by atomic mass is 32.1. The molecule has 4 heterocycles. The second-order valence-electron chi connectivity index (χ2n) is 6.71. The maximum Gasteiger partial charge on any atom is 0.250 e. The summed E-state index contributed by atoms with van der Waals surface area (Å²) in [4.78, 5) is 10.9. The van der Waals surface area contributed by atoms with Gasteiger partial charge in [-0.05, 0) is 19.1 Å². The summed E-state index contributed by atoms with van der Waals surface area (Å²) in [5.74, 6) is 0.0642. The van der Waals surface area contributed by atoms with Crippen molar-refractivity contribution in [2.45, 2.75) is 13.5 Å². The molecule has 2 saturated heterocycles. The van der Waals surface area contributed by atoms with Gasteiger partial charge in [0, 0.05) is 41.7 Å². The van der Waals surface area contributed by atoms with E-state index in [1.54, 1.807) is 23.6 Å². The lowest BCUT2D eigenvalue weighted by molar-refractivity contribution is 0.0862. The summed E-state index contributed by atoms with van der Waals surface area (Å²) >= 11 is 1.70. The molecule has 0 radical (unpaired) electrons. The Morgan fingerprint density at radius 3 is 3.25 bits per heavy atom. The molecule has 0 aromatic carbocycles. The third-order valence-corrected chi connectivity index (χ3v) is 5.79. The Morgan fingerprint density at radius 2 is 2.46 bits per heavy atom. The van der Waals surface area contributed by atoms with Crippen LogP contribution in [-0.2, 0) is 11.3 Å². The smallest absolute Gasteiger partial charge is 0.250 e. The Balaban J connectivity index is 1.44. The molecule has 7 heteroatoms. The highest BCUT2D eigenvalue weighted by molar-refractivity contribution is 7.09. The number of likely N-dealkylation sites (tertiary alicyclic amines) is 1. The molecule has 0 unspecified atom stereocenters. The highest BCUT2D eigenvalue weighted by Crippen LogP contribution is 2.42. The second-order valence-corrected chi connectivity index (χ2v) is 7.65. The van der Waals surface area contributed by atoms with Gasteiger partial charge in [-0.15, -0.1) is 11.3 Å². The van der Waals surface area contributed by atoms with Crippen molar-refractivity contribution in [3.05, 3.63) is 40.2 Å². The number of halogens is 1. The van der Waals surface area contributed by atoms with Gasteiger partial charge in [0.25, 0.3) is 0 Å². The van der Waals surface area contributed by atoms with Crippen LogP contribution in [0.1, 0.15) is 10.7 Å². The van der Waals surface area contributed by atoms with E-state index in [2.05, 4.69) is 20.2 Å². The summed E-state index contributed by atoms with van der Waals surface area (Å²) in [7, 11) is 0. The first kappa shape index (κ1) is 15.9. The van der Waals surface area contributed by atoms with Gasteiger partial charge < -0.3 is 9.47 Å². The molecule has 0 bridgehead atoms. The van der Waals surface area contributed by atoms with Crippen LogP contribution in [0.5, 0.6) is 5.88 Å². The molecule has 24 heavy (non-hydrogen) atoms. The monoisotopic (exact) mass is 349 g/mol. The minimum absolute atomic E-state index is 0.0755. The predicted molar refractivity (Wildman–Crippen MR) is 88.6 cm³/mol. The first-order chi connectivity index (χ1) is 11.6. The Labute approximate surface area is 144 Å². The van der Waals surface area contributed by atoms with Crippen molar-refractivity contribution < 1.29 is 13.9 Å². The number of aryl methyl sites for hydroxylation is 1. The topological polar surface area (TPSA) is 47.5 Å². The van der Waals surface area contributed by atoms with E-state index in [1.807, 2.05) is 6.92 Å². The van der Waals surface area contributed by atoms with Crippen LogP contribution in [0.2, 0.25) is 0 Å². The maximum absolute atomic E-state index is 13.7. The van der Waals surface area contributed by atoms with Crippen molar-refractivity contribution in [3.8, 4) is 5.88 Å². The average Bonchev–Trinajstić information content (AvgIpc) is 3.21. The minimum Gasteiger partial charge on any atom is -0.475 e. The molecular weight excluding hydrogens is 329 g/mol. The van der Waals surface area contributed by atoms with Gasteiger partial charge in [-0.2, -0.15) is 0 Å². The van der Waals surface area contributed by atoms with E-state index in [9.17, 15) is 4.39 Å². The lowest BCUT2D eigenvalue weighted by atomic mass is 9.82. The van der Waals surface area contributed by atoms with Gasteiger partial charge in [-0.25, -0.2) is 14.4 Å². The van der Waals surface area contributed by atoms with Gasteiger partial charge >= 0.3 is 0 Å². The van der Waals surface area contributed by atoms with E-state index in [0.717, 1.165) is 36.9 Å². The Hall–Kier alpha value is -1.57. The Kier molecular flexibility index (Phi) is 4.24. The molecule has 0 aliphatic carbocycles. The normalized spacial score (nSPS) is 26.7. The minimum atomic E-state index is -0.419. The van der Waals surface area contributed by atoms with Crippen molar-refractivity contribution >= 4 is 11.3 Å². The van der Waals surface area contributed by atoms with Crippen molar-refractivity contribution in [3.63, 3.8) is 0 Å². The van der Waals surface area contributed by atoms with E-state index in [0.29, 0.717) is 19.1 Å². The molecule has 0 N–H and O–H groups in total. The van der Waals surface area contributed by atoms with Gasteiger partial charge in [0.15, 0.2) is 5.82 Å². The lowest BCUT2D eigenvalue weighted by Crippen LogP contribution is -2.37. The molecule has 2 aromatic heterocycles. The quantitative estimate of drug-likeness (QED) is 0.830. The van der Waals surface area contributed by atoms with Gasteiger partial charge in [0.05, 0.1) is 26.4 Å². The highest BCUT2D eigenvalue weighted by Gasteiger charge is 2.51. The largest absolute Gasteiger partial charge is 0.475 e. The van der Waals surface area contributed by atoms with Crippen LogP contribution in [0.15, 0.2) is 23.7 Å². The fourth-order valence-corrected chi connectivity index (χ4v) is 4.44. The number of aromatic nitrogens is 2. The third kappa shape index (κ3) is 3.03. The molecule has 128 valence electrons. The number of nitrogens with zero attached hydrogens (tertiary/aromatic N) is 3. The summed E-state index contributed by atoms with van der Waals surface area (Å²) in [5.41, 5.74) is 0.984. The molecule has 0 amide bonds. The van der Waals surface area contributed by atoms with Crippen molar-refractivity contribution in [2.75, 3.05) is 32.9 Å². The zero-order chi connectivity index (χ0) is 16.6. The van der Waals surface area contributed by atoms with Crippen molar-refractivity contribution in [1.82, 2.24) is 14.9 Å². The van der Waals surface area contributed by atoms with Gasteiger partial charge in [0.2, 0.25) is 5.88 Å².